The third-order valence-electron chi connectivity index (χ3n) is 3.04. The Morgan fingerprint density at radius 1 is 1.16 bits per heavy atom. The first-order valence-electron chi connectivity index (χ1n) is 7.40. The predicted molar refractivity (Wildman–Crippen MR) is 79.2 cm³/mol. The molecule has 1 heterocycles. The molecule has 4 nitrogen and oxygen atoms in total. The SMILES string of the molecule is CCOP(=O)(OCC)/C(=C\C(C)C)N1CCCCC1. The summed E-state index contributed by atoms with van der Waals surface area (Å²) in [4.78, 5) is 2.19. The van der Waals surface area contributed by atoms with Gasteiger partial charge >= 0.3 is 7.60 Å². The Balaban J connectivity index is 3.02. The van der Waals surface area contributed by atoms with Gasteiger partial charge in [0.25, 0.3) is 0 Å². The molecule has 0 aromatic rings. The van der Waals surface area contributed by atoms with Crippen molar-refractivity contribution < 1.29 is 13.6 Å². The molecular weight excluding hydrogens is 261 g/mol. The van der Waals surface area contributed by atoms with Crippen molar-refractivity contribution in [3.8, 4) is 0 Å². The quantitative estimate of drug-likeness (QED) is 0.657. The number of rotatable bonds is 7. The second-order valence-electron chi connectivity index (χ2n) is 5.15. The van der Waals surface area contributed by atoms with Crippen LogP contribution in [0.3, 0.4) is 0 Å². The zero-order chi connectivity index (χ0) is 14.3. The van der Waals surface area contributed by atoms with E-state index in [9.17, 15) is 4.57 Å². The van der Waals surface area contributed by atoms with Gasteiger partial charge in [0.05, 0.1) is 13.2 Å². The van der Waals surface area contributed by atoms with E-state index in [-0.39, 0.29) is 0 Å². The van der Waals surface area contributed by atoms with Crippen LogP contribution in [-0.2, 0) is 13.6 Å². The molecule has 0 saturated carbocycles. The van der Waals surface area contributed by atoms with Gasteiger partial charge in [-0.05, 0) is 39.0 Å². The highest BCUT2D eigenvalue weighted by molar-refractivity contribution is 7.58. The molecule has 0 radical (unpaired) electrons. The van der Waals surface area contributed by atoms with Crippen molar-refractivity contribution in [3.05, 3.63) is 11.5 Å². The first-order valence-corrected chi connectivity index (χ1v) is 8.94. The van der Waals surface area contributed by atoms with E-state index in [0.717, 1.165) is 31.4 Å². The molecule has 0 spiro atoms. The molecule has 0 aliphatic carbocycles. The van der Waals surface area contributed by atoms with Gasteiger partial charge in [-0.15, -0.1) is 0 Å². The molecule has 19 heavy (non-hydrogen) atoms. The van der Waals surface area contributed by atoms with E-state index >= 15 is 0 Å². The largest absolute Gasteiger partial charge is 0.376 e. The van der Waals surface area contributed by atoms with Gasteiger partial charge in [0.2, 0.25) is 0 Å². The Hall–Kier alpha value is -0.310. The van der Waals surface area contributed by atoms with Crippen molar-refractivity contribution in [3.63, 3.8) is 0 Å². The second kappa shape index (κ2) is 8.08. The van der Waals surface area contributed by atoms with Crippen LogP contribution in [-0.4, -0.2) is 31.2 Å². The maximum Gasteiger partial charge on any atom is 0.376 e. The van der Waals surface area contributed by atoms with Gasteiger partial charge in [0.15, 0.2) is 0 Å². The van der Waals surface area contributed by atoms with E-state index in [4.69, 9.17) is 9.05 Å². The monoisotopic (exact) mass is 289 g/mol. The third kappa shape index (κ3) is 4.94. The van der Waals surface area contributed by atoms with Gasteiger partial charge in [-0.3, -0.25) is 4.57 Å². The smallest absolute Gasteiger partial charge is 0.365 e. The van der Waals surface area contributed by atoms with E-state index in [1.165, 1.54) is 6.42 Å². The molecule has 0 atom stereocenters. The molecule has 1 aliphatic rings. The highest BCUT2D eigenvalue weighted by Crippen LogP contribution is 2.57. The molecule has 0 unspecified atom stereocenters. The van der Waals surface area contributed by atoms with Crippen LogP contribution >= 0.6 is 7.60 Å². The molecule has 0 bridgehead atoms. The summed E-state index contributed by atoms with van der Waals surface area (Å²) in [7, 11) is -3.16. The highest BCUT2D eigenvalue weighted by Gasteiger charge is 2.34. The summed E-state index contributed by atoms with van der Waals surface area (Å²) < 4.78 is 24.0. The summed E-state index contributed by atoms with van der Waals surface area (Å²) >= 11 is 0. The Kier molecular flexibility index (Phi) is 7.12. The molecular formula is C14H28NO3P. The fourth-order valence-corrected chi connectivity index (χ4v) is 4.35. The van der Waals surface area contributed by atoms with Gasteiger partial charge < -0.3 is 13.9 Å². The minimum Gasteiger partial charge on any atom is -0.365 e. The van der Waals surface area contributed by atoms with Crippen molar-refractivity contribution in [2.75, 3.05) is 26.3 Å². The molecule has 1 rings (SSSR count). The van der Waals surface area contributed by atoms with Gasteiger partial charge in [-0.25, -0.2) is 0 Å². The molecule has 0 aromatic carbocycles. The fourth-order valence-electron chi connectivity index (χ4n) is 2.30. The topological polar surface area (TPSA) is 38.8 Å². The lowest BCUT2D eigenvalue weighted by atomic mass is 10.1. The van der Waals surface area contributed by atoms with E-state index < -0.39 is 7.60 Å². The fraction of sp³-hybridized carbons (Fsp3) is 0.857. The zero-order valence-corrected chi connectivity index (χ0v) is 13.6. The zero-order valence-electron chi connectivity index (χ0n) is 12.7. The number of hydrogen-bond donors (Lipinski definition) is 0. The van der Waals surface area contributed by atoms with Crippen LogP contribution in [0.15, 0.2) is 11.5 Å². The first-order chi connectivity index (χ1) is 9.03. The highest BCUT2D eigenvalue weighted by atomic mass is 31.2. The Bertz CT molecular complexity index is 326. The number of piperidine rings is 1. The van der Waals surface area contributed by atoms with E-state index in [1.54, 1.807) is 0 Å². The number of allylic oxidation sites excluding steroid dienone is 1. The van der Waals surface area contributed by atoms with Crippen LogP contribution in [0.5, 0.6) is 0 Å². The molecule has 1 aliphatic heterocycles. The molecule has 1 saturated heterocycles. The lowest BCUT2D eigenvalue weighted by molar-refractivity contribution is 0.206. The van der Waals surface area contributed by atoms with Crippen molar-refractivity contribution in [1.29, 1.82) is 0 Å². The van der Waals surface area contributed by atoms with Gasteiger partial charge in [-0.2, -0.15) is 0 Å². The third-order valence-corrected chi connectivity index (χ3v) is 5.23. The average Bonchev–Trinajstić information content (AvgIpc) is 2.37. The number of nitrogens with zero attached hydrogens (tertiary/aromatic N) is 1. The summed E-state index contributed by atoms with van der Waals surface area (Å²) in [5.41, 5.74) is 0.769. The minimum atomic E-state index is -3.16. The van der Waals surface area contributed by atoms with Crippen LogP contribution in [0.1, 0.15) is 47.0 Å². The van der Waals surface area contributed by atoms with Crippen LogP contribution in [0.25, 0.3) is 0 Å². The summed E-state index contributed by atoms with van der Waals surface area (Å²) in [5, 5.41) is 0. The van der Waals surface area contributed by atoms with Crippen LogP contribution in [0, 0.1) is 5.92 Å². The van der Waals surface area contributed by atoms with Crippen LogP contribution in [0.4, 0.5) is 0 Å². The summed E-state index contributed by atoms with van der Waals surface area (Å²) in [6.45, 7) is 10.6. The van der Waals surface area contributed by atoms with E-state index in [2.05, 4.69) is 18.7 Å². The molecule has 0 aromatic heterocycles. The standard InChI is InChI=1S/C14H28NO3P/c1-5-17-19(16,18-6-2)14(12-13(3)4)15-10-8-7-9-11-15/h12-13H,5-11H2,1-4H3/b14-12-. The summed E-state index contributed by atoms with van der Waals surface area (Å²) in [5.74, 6) is 0.325. The van der Waals surface area contributed by atoms with Gasteiger partial charge in [0, 0.05) is 13.1 Å². The van der Waals surface area contributed by atoms with Crippen molar-refractivity contribution in [2.24, 2.45) is 5.92 Å². The molecule has 112 valence electrons. The summed E-state index contributed by atoms with van der Waals surface area (Å²) in [6.07, 6.45) is 5.58. The number of likely N-dealkylation sites (tertiary alicyclic amines) is 1. The van der Waals surface area contributed by atoms with Gasteiger partial charge in [0.1, 0.15) is 5.44 Å². The van der Waals surface area contributed by atoms with Crippen molar-refractivity contribution in [2.45, 2.75) is 47.0 Å². The lowest BCUT2D eigenvalue weighted by Gasteiger charge is -2.34. The van der Waals surface area contributed by atoms with E-state index in [0.29, 0.717) is 19.1 Å². The maximum absolute atomic E-state index is 13.0. The average molecular weight is 289 g/mol. The maximum atomic E-state index is 13.0. The van der Waals surface area contributed by atoms with Crippen molar-refractivity contribution >= 4 is 7.60 Å². The molecule has 0 amide bonds. The Morgan fingerprint density at radius 3 is 2.11 bits per heavy atom. The Morgan fingerprint density at radius 2 is 1.68 bits per heavy atom. The normalized spacial score (nSPS) is 18.2. The molecule has 5 heteroatoms. The lowest BCUT2D eigenvalue weighted by Crippen LogP contribution is -2.30. The minimum absolute atomic E-state index is 0.325. The number of hydrogen-bond acceptors (Lipinski definition) is 4. The Labute approximate surface area is 117 Å². The second-order valence-corrected chi connectivity index (χ2v) is 7.12. The van der Waals surface area contributed by atoms with Gasteiger partial charge in [-0.1, -0.05) is 19.9 Å². The molecule has 0 N–H and O–H groups in total. The van der Waals surface area contributed by atoms with Crippen molar-refractivity contribution in [1.82, 2.24) is 4.90 Å². The first kappa shape index (κ1) is 16.7. The van der Waals surface area contributed by atoms with Crippen LogP contribution < -0.4 is 0 Å². The van der Waals surface area contributed by atoms with Crippen LogP contribution in [0.2, 0.25) is 0 Å². The summed E-state index contributed by atoms with van der Waals surface area (Å²) in [6, 6.07) is 0. The molecule has 1 fully saturated rings. The predicted octanol–water partition coefficient (Wildman–Crippen LogP) is 4.24. The van der Waals surface area contributed by atoms with E-state index in [1.807, 2.05) is 19.9 Å².